The quantitative estimate of drug-likeness (QED) is 0.864. The standard InChI is InChI=1S/C19H17NO3/c1-22-16-9-11-7-8-12(14(11)10-17(16)23-2)18-13-5-3-4-6-15(13)20-19(18)21/h3-6,9-10H,7-8H2,1-2H3,(H,20,21). The van der Waals surface area contributed by atoms with E-state index in [0.717, 1.165) is 46.6 Å². The average Bonchev–Trinajstić information content (AvgIpc) is 3.12. The van der Waals surface area contributed by atoms with E-state index in [-0.39, 0.29) is 5.91 Å². The molecule has 1 aliphatic heterocycles. The minimum Gasteiger partial charge on any atom is -0.493 e. The van der Waals surface area contributed by atoms with Crippen molar-refractivity contribution in [1.82, 2.24) is 0 Å². The number of hydrogen-bond acceptors (Lipinski definition) is 3. The molecule has 1 N–H and O–H groups in total. The van der Waals surface area contributed by atoms with Crippen LogP contribution in [0.5, 0.6) is 11.5 Å². The second-order valence-corrected chi connectivity index (χ2v) is 5.72. The van der Waals surface area contributed by atoms with Gasteiger partial charge in [0.2, 0.25) is 0 Å². The molecule has 0 spiro atoms. The highest BCUT2D eigenvalue weighted by atomic mass is 16.5. The van der Waals surface area contributed by atoms with Crippen LogP contribution in [0.3, 0.4) is 0 Å². The van der Waals surface area contributed by atoms with E-state index in [4.69, 9.17) is 9.47 Å². The summed E-state index contributed by atoms with van der Waals surface area (Å²) in [4.78, 5) is 12.5. The Morgan fingerprint density at radius 1 is 0.957 bits per heavy atom. The van der Waals surface area contributed by atoms with Crippen molar-refractivity contribution in [3.63, 3.8) is 0 Å². The van der Waals surface area contributed by atoms with Gasteiger partial charge in [-0.05, 0) is 47.7 Å². The lowest BCUT2D eigenvalue weighted by Crippen LogP contribution is -2.05. The number of ether oxygens (including phenoxy) is 2. The monoisotopic (exact) mass is 307 g/mol. The fourth-order valence-electron chi connectivity index (χ4n) is 3.48. The lowest BCUT2D eigenvalue weighted by molar-refractivity contribution is -0.110. The Morgan fingerprint density at radius 3 is 2.48 bits per heavy atom. The minimum atomic E-state index is -0.0242. The maximum absolute atomic E-state index is 12.5. The van der Waals surface area contributed by atoms with Gasteiger partial charge in [-0.3, -0.25) is 4.79 Å². The number of para-hydroxylation sites is 1. The second kappa shape index (κ2) is 5.16. The molecule has 4 rings (SSSR count). The maximum Gasteiger partial charge on any atom is 0.256 e. The largest absolute Gasteiger partial charge is 0.493 e. The molecule has 0 saturated heterocycles. The number of carbonyl (C=O) groups is 1. The van der Waals surface area contributed by atoms with E-state index in [2.05, 4.69) is 5.32 Å². The number of benzene rings is 2. The van der Waals surface area contributed by atoms with E-state index in [1.54, 1.807) is 14.2 Å². The summed E-state index contributed by atoms with van der Waals surface area (Å²) in [7, 11) is 3.27. The summed E-state index contributed by atoms with van der Waals surface area (Å²) in [5.41, 5.74) is 6.02. The lowest BCUT2D eigenvalue weighted by Gasteiger charge is -2.11. The van der Waals surface area contributed by atoms with E-state index >= 15 is 0 Å². The van der Waals surface area contributed by atoms with Crippen LogP contribution >= 0.6 is 0 Å². The normalized spacial score (nSPS) is 18.4. The van der Waals surface area contributed by atoms with Crippen LogP contribution < -0.4 is 14.8 Å². The van der Waals surface area contributed by atoms with Gasteiger partial charge in [0.05, 0.1) is 19.8 Å². The molecule has 0 saturated carbocycles. The van der Waals surface area contributed by atoms with Gasteiger partial charge in [-0.1, -0.05) is 18.2 Å². The fraction of sp³-hybridized carbons (Fsp3) is 0.211. The minimum absolute atomic E-state index is 0.0242. The highest BCUT2D eigenvalue weighted by Gasteiger charge is 2.31. The van der Waals surface area contributed by atoms with E-state index in [9.17, 15) is 4.79 Å². The van der Waals surface area contributed by atoms with E-state index < -0.39 is 0 Å². The molecule has 2 aromatic carbocycles. The topological polar surface area (TPSA) is 47.6 Å². The molecular weight excluding hydrogens is 290 g/mol. The van der Waals surface area contributed by atoms with Crippen LogP contribution in [-0.4, -0.2) is 20.1 Å². The van der Waals surface area contributed by atoms with Crippen LogP contribution in [0.2, 0.25) is 0 Å². The lowest BCUT2D eigenvalue weighted by atomic mass is 9.96. The number of nitrogens with one attached hydrogen (secondary N) is 1. The van der Waals surface area contributed by atoms with Crippen molar-refractivity contribution in [2.45, 2.75) is 12.8 Å². The van der Waals surface area contributed by atoms with Crippen LogP contribution in [0.15, 0.2) is 36.4 Å². The molecule has 2 aliphatic rings. The van der Waals surface area contributed by atoms with Gasteiger partial charge in [0.1, 0.15) is 0 Å². The van der Waals surface area contributed by atoms with Gasteiger partial charge in [-0.2, -0.15) is 0 Å². The summed E-state index contributed by atoms with van der Waals surface area (Å²) in [6.45, 7) is 0. The molecule has 116 valence electrons. The third-order valence-electron chi connectivity index (χ3n) is 4.55. The predicted molar refractivity (Wildman–Crippen MR) is 89.8 cm³/mol. The predicted octanol–water partition coefficient (Wildman–Crippen LogP) is 3.51. The van der Waals surface area contributed by atoms with Crippen molar-refractivity contribution in [3.05, 3.63) is 53.1 Å². The van der Waals surface area contributed by atoms with Crippen LogP contribution in [0.1, 0.15) is 23.1 Å². The van der Waals surface area contributed by atoms with E-state index in [0.29, 0.717) is 5.75 Å². The average molecular weight is 307 g/mol. The molecule has 23 heavy (non-hydrogen) atoms. The number of fused-ring (bicyclic) bond motifs is 2. The van der Waals surface area contributed by atoms with Crippen LogP contribution in [0, 0.1) is 0 Å². The zero-order valence-electron chi connectivity index (χ0n) is 13.1. The van der Waals surface area contributed by atoms with Crippen molar-refractivity contribution in [2.75, 3.05) is 19.5 Å². The van der Waals surface area contributed by atoms with Crippen molar-refractivity contribution in [3.8, 4) is 11.5 Å². The molecule has 0 atom stereocenters. The molecule has 2 aromatic rings. The molecule has 1 heterocycles. The highest BCUT2D eigenvalue weighted by Crippen LogP contribution is 2.45. The van der Waals surface area contributed by atoms with Gasteiger partial charge in [-0.25, -0.2) is 0 Å². The Morgan fingerprint density at radius 2 is 1.70 bits per heavy atom. The van der Waals surface area contributed by atoms with Crippen molar-refractivity contribution >= 4 is 22.7 Å². The first-order valence-corrected chi connectivity index (χ1v) is 7.62. The summed E-state index contributed by atoms with van der Waals surface area (Å²) in [5, 5.41) is 2.95. The molecule has 0 fully saturated rings. The molecule has 0 bridgehead atoms. The SMILES string of the molecule is COc1cc2c(cc1OC)C(=C1C(=O)Nc3ccccc31)CC2. The Kier molecular flexibility index (Phi) is 3.11. The van der Waals surface area contributed by atoms with Gasteiger partial charge in [0.15, 0.2) is 11.5 Å². The summed E-state index contributed by atoms with van der Waals surface area (Å²) in [6.07, 6.45) is 1.76. The Balaban J connectivity index is 1.93. The van der Waals surface area contributed by atoms with Gasteiger partial charge in [0.25, 0.3) is 5.91 Å². The third kappa shape index (κ3) is 2.02. The van der Waals surface area contributed by atoms with Crippen molar-refractivity contribution < 1.29 is 14.3 Å². The zero-order valence-corrected chi connectivity index (χ0v) is 13.1. The number of amides is 1. The molecular formula is C19H17NO3. The Labute approximate surface area is 134 Å². The van der Waals surface area contributed by atoms with Gasteiger partial charge in [0, 0.05) is 11.3 Å². The van der Waals surface area contributed by atoms with E-state index in [1.165, 1.54) is 5.56 Å². The number of anilines is 1. The summed E-state index contributed by atoms with van der Waals surface area (Å²) >= 11 is 0. The second-order valence-electron chi connectivity index (χ2n) is 5.72. The molecule has 4 nitrogen and oxygen atoms in total. The summed E-state index contributed by atoms with van der Waals surface area (Å²) < 4.78 is 10.8. The number of allylic oxidation sites excluding steroid dienone is 1. The highest BCUT2D eigenvalue weighted by molar-refractivity contribution is 6.37. The van der Waals surface area contributed by atoms with Crippen LogP contribution in [0.4, 0.5) is 5.69 Å². The van der Waals surface area contributed by atoms with Gasteiger partial charge >= 0.3 is 0 Å². The molecule has 1 amide bonds. The first-order valence-electron chi connectivity index (χ1n) is 7.62. The number of carbonyl (C=O) groups excluding carboxylic acids is 1. The Bertz CT molecular complexity index is 852. The number of aryl methyl sites for hydroxylation is 1. The fourth-order valence-corrected chi connectivity index (χ4v) is 3.48. The molecule has 0 aromatic heterocycles. The number of rotatable bonds is 2. The smallest absolute Gasteiger partial charge is 0.256 e. The first-order chi connectivity index (χ1) is 11.2. The van der Waals surface area contributed by atoms with Gasteiger partial charge in [-0.15, -0.1) is 0 Å². The van der Waals surface area contributed by atoms with Crippen molar-refractivity contribution in [2.24, 2.45) is 0 Å². The number of hydrogen-bond donors (Lipinski definition) is 1. The number of methoxy groups -OCH3 is 2. The molecule has 1 aliphatic carbocycles. The van der Waals surface area contributed by atoms with Crippen LogP contribution in [0.25, 0.3) is 11.1 Å². The maximum atomic E-state index is 12.5. The van der Waals surface area contributed by atoms with Gasteiger partial charge < -0.3 is 14.8 Å². The first kappa shape index (κ1) is 13.9. The third-order valence-corrected chi connectivity index (χ3v) is 4.55. The molecule has 0 unspecified atom stereocenters. The van der Waals surface area contributed by atoms with Crippen LogP contribution in [-0.2, 0) is 11.2 Å². The molecule has 4 heteroatoms. The summed E-state index contributed by atoms with van der Waals surface area (Å²) in [6, 6.07) is 11.8. The van der Waals surface area contributed by atoms with Crippen molar-refractivity contribution in [1.29, 1.82) is 0 Å². The zero-order chi connectivity index (χ0) is 16.0. The summed E-state index contributed by atoms with van der Waals surface area (Å²) in [5.74, 6) is 1.40. The van der Waals surface area contributed by atoms with E-state index in [1.807, 2.05) is 36.4 Å². The Hall–Kier alpha value is -2.75. The molecule has 0 radical (unpaired) electrons.